The summed E-state index contributed by atoms with van der Waals surface area (Å²) in [6, 6.07) is 5.75. The van der Waals surface area contributed by atoms with E-state index >= 15 is 0 Å². The van der Waals surface area contributed by atoms with Crippen molar-refractivity contribution in [2.45, 2.75) is 19.8 Å². The minimum Gasteiger partial charge on any atom is -0.399 e. The number of amides is 1. The molecule has 0 bridgehead atoms. The van der Waals surface area contributed by atoms with Crippen molar-refractivity contribution in [3.8, 4) is 0 Å². The average Bonchev–Trinajstić information content (AvgIpc) is 2.83. The molecule has 1 aromatic carbocycles. The Morgan fingerprint density at radius 2 is 2.32 bits per heavy atom. The van der Waals surface area contributed by atoms with Crippen LogP contribution in [0.4, 0.5) is 11.4 Å². The highest BCUT2D eigenvalue weighted by Crippen LogP contribution is 2.31. The number of anilines is 2. The number of fused-ring (bicyclic) bond motifs is 1. The summed E-state index contributed by atoms with van der Waals surface area (Å²) >= 11 is 1.15. The van der Waals surface area contributed by atoms with Crippen molar-refractivity contribution in [2.75, 3.05) is 17.2 Å². The van der Waals surface area contributed by atoms with E-state index in [1.54, 1.807) is 11.8 Å². The lowest BCUT2D eigenvalue weighted by Gasteiger charge is -2.29. The van der Waals surface area contributed by atoms with E-state index in [1.165, 1.54) is 5.56 Å². The van der Waals surface area contributed by atoms with Gasteiger partial charge in [0.2, 0.25) is 0 Å². The molecular weight excluding hydrogens is 260 g/mol. The molecule has 0 atom stereocenters. The molecule has 6 heteroatoms. The molecule has 2 N–H and O–H groups in total. The highest BCUT2D eigenvalue weighted by atomic mass is 32.1. The van der Waals surface area contributed by atoms with Gasteiger partial charge in [0, 0.05) is 17.9 Å². The van der Waals surface area contributed by atoms with Crippen LogP contribution >= 0.6 is 11.5 Å². The van der Waals surface area contributed by atoms with Crippen molar-refractivity contribution in [2.24, 2.45) is 0 Å². The molecule has 1 amide bonds. The lowest BCUT2D eigenvalue weighted by molar-refractivity contribution is 0.0988. The molecule has 98 valence electrons. The van der Waals surface area contributed by atoms with Gasteiger partial charge in [-0.3, -0.25) is 4.79 Å². The van der Waals surface area contributed by atoms with Crippen molar-refractivity contribution in [1.29, 1.82) is 0 Å². The van der Waals surface area contributed by atoms with E-state index in [-0.39, 0.29) is 5.91 Å². The van der Waals surface area contributed by atoms with Crippen LogP contribution in [0, 0.1) is 6.92 Å². The summed E-state index contributed by atoms with van der Waals surface area (Å²) < 4.78 is 3.83. The maximum absolute atomic E-state index is 12.6. The van der Waals surface area contributed by atoms with Crippen LogP contribution in [-0.2, 0) is 6.42 Å². The number of aromatic nitrogens is 2. The Labute approximate surface area is 115 Å². The number of hydrogen-bond acceptors (Lipinski definition) is 5. The number of nitrogen functional groups attached to an aromatic ring is 1. The molecule has 0 fully saturated rings. The van der Waals surface area contributed by atoms with Crippen LogP contribution in [0.25, 0.3) is 0 Å². The first-order valence-corrected chi connectivity index (χ1v) is 6.93. The maximum Gasteiger partial charge on any atom is 0.271 e. The van der Waals surface area contributed by atoms with Crippen molar-refractivity contribution in [1.82, 2.24) is 9.59 Å². The molecule has 0 unspecified atom stereocenters. The normalized spacial score (nSPS) is 14.3. The van der Waals surface area contributed by atoms with E-state index in [4.69, 9.17) is 5.73 Å². The van der Waals surface area contributed by atoms with Gasteiger partial charge < -0.3 is 10.6 Å². The predicted octanol–water partition coefficient (Wildman–Crippen LogP) is 2.02. The summed E-state index contributed by atoms with van der Waals surface area (Å²) in [6.07, 6.45) is 1.95. The second kappa shape index (κ2) is 4.62. The highest BCUT2D eigenvalue weighted by Gasteiger charge is 2.26. The Balaban J connectivity index is 2.02. The molecule has 5 nitrogen and oxygen atoms in total. The van der Waals surface area contributed by atoms with Gasteiger partial charge in [-0.15, -0.1) is 5.10 Å². The molecular formula is C13H14N4OS. The summed E-state index contributed by atoms with van der Waals surface area (Å²) in [5.41, 5.74) is 9.29. The third-order valence-electron chi connectivity index (χ3n) is 3.32. The van der Waals surface area contributed by atoms with Gasteiger partial charge in [-0.2, -0.15) is 0 Å². The molecule has 0 spiro atoms. The molecule has 0 radical (unpaired) electrons. The maximum atomic E-state index is 12.6. The monoisotopic (exact) mass is 274 g/mol. The number of carbonyl (C=O) groups is 1. The molecule has 2 aromatic rings. The van der Waals surface area contributed by atoms with Crippen LogP contribution in [-0.4, -0.2) is 22.0 Å². The molecule has 1 aromatic heterocycles. The summed E-state index contributed by atoms with van der Waals surface area (Å²) in [5.74, 6) is -0.0287. The molecule has 2 heterocycles. The highest BCUT2D eigenvalue weighted by molar-refractivity contribution is 7.08. The molecule has 0 saturated carbocycles. The zero-order valence-corrected chi connectivity index (χ0v) is 11.4. The third kappa shape index (κ3) is 2.08. The average molecular weight is 274 g/mol. The zero-order valence-electron chi connectivity index (χ0n) is 10.6. The first-order valence-electron chi connectivity index (χ1n) is 6.16. The van der Waals surface area contributed by atoms with E-state index in [2.05, 4.69) is 9.59 Å². The largest absolute Gasteiger partial charge is 0.399 e. The lowest BCUT2D eigenvalue weighted by atomic mass is 10.0. The second-order valence-corrected chi connectivity index (χ2v) is 5.39. The first-order chi connectivity index (χ1) is 9.16. The smallest absolute Gasteiger partial charge is 0.271 e. The summed E-state index contributed by atoms with van der Waals surface area (Å²) in [7, 11) is 0. The van der Waals surface area contributed by atoms with Crippen LogP contribution in [0.5, 0.6) is 0 Å². The van der Waals surface area contributed by atoms with Gasteiger partial charge in [0.25, 0.3) is 5.91 Å². The molecule has 3 rings (SSSR count). The van der Waals surface area contributed by atoms with E-state index in [1.807, 2.05) is 18.2 Å². The number of nitrogens with two attached hydrogens (primary N) is 1. The number of carbonyl (C=O) groups excluding carboxylic acids is 1. The van der Waals surface area contributed by atoms with Gasteiger partial charge in [-0.1, -0.05) is 10.6 Å². The minimum atomic E-state index is -0.0287. The molecule has 0 saturated heterocycles. The quantitative estimate of drug-likeness (QED) is 0.807. The summed E-state index contributed by atoms with van der Waals surface area (Å²) in [4.78, 5) is 15.0. The Morgan fingerprint density at radius 3 is 3.05 bits per heavy atom. The molecule has 1 aliphatic rings. The fourth-order valence-corrected chi connectivity index (χ4v) is 2.96. The predicted molar refractivity (Wildman–Crippen MR) is 75.5 cm³/mol. The number of aryl methyl sites for hydroxylation is 2. The summed E-state index contributed by atoms with van der Waals surface area (Å²) in [6.45, 7) is 2.52. The minimum absolute atomic E-state index is 0.0287. The molecule has 19 heavy (non-hydrogen) atoms. The fourth-order valence-electron chi connectivity index (χ4n) is 2.35. The lowest BCUT2D eigenvalue weighted by Crippen LogP contribution is -2.35. The van der Waals surface area contributed by atoms with Gasteiger partial charge in [0.15, 0.2) is 0 Å². The second-order valence-electron chi connectivity index (χ2n) is 4.64. The van der Waals surface area contributed by atoms with Gasteiger partial charge in [-0.25, -0.2) is 0 Å². The molecule has 1 aliphatic heterocycles. The van der Waals surface area contributed by atoms with E-state index in [0.29, 0.717) is 22.8 Å². The van der Waals surface area contributed by atoms with E-state index < -0.39 is 0 Å². The van der Waals surface area contributed by atoms with Crippen LogP contribution < -0.4 is 10.6 Å². The van der Waals surface area contributed by atoms with Crippen LogP contribution in [0.3, 0.4) is 0 Å². The number of benzene rings is 1. The SMILES string of the molecule is Cc1nnsc1C(=O)N1CCCc2ccc(N)cc21. The number of hydrogen-bond donors (Lipinski definition) is 1. The third-order valence-corrected chi connectivity index (χ3v) is 4.13. The molecule has 0 aliphatic carbocycles. The van der Waals surface area contributed by atoms with Crippen molar-refractivity contribution in [3.05, 3.63) is 34.3 Å². The van der Waals surface area contributed by atoms with Crippen LogP contribution in [0.15, 0.2) is 18.2 Å². The van der Waals surface area contributed by atoms with Crippen LogP contribution in [0.1, 0.15) is 27.3 Å². The van der Waals surface area contributed by atoms with Gasteiger partial charge in [0.1, 0.15) is 4.88 Å². The fraction of sp³-hybridized carbons (Fsp3) is 0.308. The van der Waals surface area contributed by atoms with Crippen molar-refractivity contribution in [3.63, 3.8) is 0 Å². The first kappa shape index (κ1) is 12.1. The van der Waals surface area contributed by atoms with Gasteiger partial charge >= 0.3 is 0 Å². The standard InChI is InChI=1S/C13H14N4OS/c1-8-12(19-16-15-8)13(18)17-6-2-3-9-4-5-10(14)7-11(9)17/h4-5,7H,2-3,6,14H2,1H3. The Hall–Kier alpha value is -1.95. The van der Waals surface area contributed by atoms with Crippen molar-refractivity contribution < 1.29 is 4.79 Å². The van der Waals surface area contributed by atoms with Gasteiger partial charge in [-0.05, 0) is 49.0 Å². The van der Waals surface area contributed by atoms with E-state index in [9.17, 15) is 4.79 Å². The number of rotatable bonds is 1. The Morgan fingerprint density at radius 1 is 1.47 bits per heavy atom. The van der Waals surface area contributed by atoms with Crippen LogP contribution in [0.2, 0.25) is 0 Å². The Kier molecular flexibility index (Phi) is 2.94. The zero-order chi connectivity index (χ0) is 13.4. The number of nitrogens with zero attached hydrogens (tertiary/aromatic N) is 3. The van der Waals surface area contributed by atoms with E-state index in [0.717, 1.165) is 30.1 Å². The van der Waals surface area contributed by atoms with Crippen molar-refractivity contribution >= 4 is 28.8 Å². The summed E-state index contributed by atoms with van der Waals surface area (Å²) in [5, 5.41) is 3.90. The Bertz CT molecular complexity index is 637. The van der Waals surface area contributed by atoms with Gasteiger partial charge in [0.05, 0.1) is 5.69 Å². The topological polar surface area (TPSA) is 72.1 Å².